The van der Waals surface area contributed by atoms with E-state index in [-0.39, 0.29) is 41.9 Å². The van der Waals surface area contributed by atoms with Gasteiger partial charge in [-0.25, -0.2) is 13.4 Å². The molecule has 10 heteroatoms. The van der Waals surface area contributed by atoms with Crippen LogP contribution in [0.15, 0.2) is 29.4 Å². The number of hydrogen-bond donors (Lipinski definition) is 1. The van der Waals surface area contributed by atoms with Crippen LogP contribution < -0.4 is 5.32 Å². The van der Waals surface area contributed by atoms with Crippen LogP contribution in [0.5, 0.6) is 0 Å². The minimum absolute atomic E-state index is 0.0278. The van der Waals surface area contributed by atoms with Gasteiger partial charge in [-0.15, -0.1) is 0 Å². The van der Waals surface area contributed by atoms with Gasteiger partial charge in [-0.2, -0.15) is 5.10 Å². The Morgan fingerprint density at radius 1 is 1.31 bits per heavy atom. The molecule has 2 heterocycles. The lowest BCUT2D eigenvalue weighted by atomic mass is 10.1. The fraction of sp³-hybridized carbons (Fsp3) is 0.474. The van der Waals surface area contributed by atoms with Crippen molar-refractivity contribution in [3.63, 3.8) is 0 Å². The first-order valence-corrected chi connectivity index (χ1v) is 11.2. The maximum absolute atomic E-state index is 12.6. The molecule has 1 N–H and O–H groups in total. The Hall–Kier alpha value is -2.75. The summed E-state index contributed by atoms with van der Waals surface area (Å²) in [5, 5.41) is 8.11. The Morgan fingerprint density at radius 2 is 2.07 bits per heavy atom. The number of amides is 3. The number of nitrogens with one attached hydrogen (secondary N) is 1. The van der Waals surface area contributed by atoms with E-state index in [0.29, 0.717) is 18.7 Å². The van der Waals surface area contributed by atoms with Crippen LogP contribution in [0.25, 0.3) is 0 Å². The molecule has 1 unspecified atom stereocenters. The highest BCUT2D eigenvalue weighted by Gasteiger charge is 2.37. The normalized spacial score (nSPS) is 20.9. The van der Waals surface area contributed by atoms with Gasteiger partial charge in [0.25, 0.3) is 5.91 Å². The van der Waals surface area contributed by atoms with E-state index in [4.69, 9.17) is 0 Å². The SMILES string of the molecule is CC(=O)N(C)Cc1cccc(NC(=O)C2=NN(C3CCS(=O)(=O)C3)C(=O)CC2)c1. The molecule has 1 saturated heterocycles. The highest BCUT2D eigenvalue weighted by molar-refractivity contribution is 7.91. The summed E-state index contributed by atoms with van der Waals surface area (Å²) in [6.45, 7) is 1.90. The van der Waals surface area contributed by atoms with E-state index >= 15 is 0 Å². The number of rotatable bonds is 5. The number of hydrogen-bond acceptors (Lipinski definition) is 6. The average Bonchev–Trinajstić information content (AvgIpc) is 3.01. The lowest BCUT2D eigenvalue weighted by Crippen LogP contribution is -2.42. The molecule has 0 aromatic heterocycles. The van der Waals surface area contributed by atoms with E-state index in [1.54, 1.807) is 30.1 Å². The van der Waals surface area contributed by atoms with Crippen molar-refractivity contribution in [1.29, 1.82) is 0 Å². The van der Waals surface area contributed by atoms with Gasteiger partial charge in [-0.3, -0.25) is 14.4 Å². The molecule has 2 aliphatic heterocycles. The Bertz CT molecular complexity index is 973. The molecule has 0 bridgehead atoms. The van der Waals surface area contributed by atoms with Crippen LogP contribution in [0, 0.1) is 0 Å². The fourth-order valence-electron chi connectivity index (χ4n) is 3.32. The zero-order valence-corrected chi connectivity index (χ0v) is 17.2. The van der Waals surface area contributed by atoms with Gasteiger partial charge in [0.1, 0.15) is 5.71 Å². The lowest BCUT2D eigenvalue weighted by Gasteiger charge is -2.27. The van der Waals surface area contributed by atoms with Gasteiger partial charge in [0, 0.05) is 39.0 Å². The number of benzene rings is 1. The van der Waals surface area contributed by atoms with Gasteiger partial charge in [0.15, 0.2) is 9.84 Å². The van der Waals surface area contributed by atoms with Gasteiger partial charge in [-0.1, -0.05) is 12.1 Å². The molecule has 0 radical (unpaired) electrons. The monoisotopic (exact) mass is 420 g/mol. The van der Waals surface area contributed by atoms with Crippen molar-refractivity contribution in [3.05, 3.63) is 29.8 Å². The predicted molar refractivity (Wildman–Crippen MR) is 108 cm³/mol. The smallest absolute Gasteiger partial charge is 0.271 e. The Balaban J connectivity index is 1.71. The van der Waals surface area contributed by atoms with E-state index in [1.165, 1.54) is 11.9 Å². The molecule has 156 valence electrons. The molecule has 29 heavy (non-hydrogen) atoms. The number of carbonyl (C=O) groups is 3. The summed E-state index contributed by atoms with van der Waals surface area (Å²) < 4.78 is 23.4. The highest BCUT2D eigenvalue weighted by Crippen LogP contribution is 2.22. The predicted octanol–water partition coefficient (Wildman–Crippen LogP) is 0.769. The van der Waals surface area contributed by atoms with Crippen molar-refractivity contribution >= 4 is 39.0 Å². The Labute approximate surface area is 169 Å². The summed E-state index contributed by atoms with van der Waals surface area (Å²) in [5.74, 6) is -0.851. The minimum Gasteiger partial charge on any atom is -0.342 e. The van der Waals surface area contributed by atoms with Crippen LogP contribution >= 0.6 is 0 Å². The Morgan fingerprint density at radius 3 is 2.72 bits per heavy atom. The van der Waals surface area contributed by atoms with Crippen LogP contribution in [0.3, 0.4) is 0 Å². The van der Waals surface area contributed by atoms with Crippen LogP contribution in [0.4, 0.5) is 5.69 Å². The van der Waals surface area contributed by atoms with E-state index in [1.807, 2.05) is 6.07 Å². The Kier molecular flexibility index (Phi) is 6.02. The van der Waals surface area contributed by atoms with E-state index in [9.17, 15) is 22.8 Å². The van der Waals surface area contributed by atoms with Crippen molar-refractivity contribution in [1.82, 2.24) is 9.91 Å². The molecule has 1 aromatic carbocycles. The molecular weight excluding hydrogens is 396 g/mol. The molecule has 2 aliphatic rings. The largest absolute Gasteiger partial charge is 0.342 e. The number of hydrazone groups is 1. The first-order valence-electron chi connectivity index (χ1n) is 9.36. The first kappa shape index (κ1) is 21.0. The third kappa shape index (κ3) is 5.20. The fourth-order valence-corrected chi connectivity index (χ4v) is 5.02. The molecule has 1 fully saturated rings. The zero-order chi connectivity index (χ0) is 21.2. The molecule has 0 spiro atoms. The molecule has 1 atom stereocenters. The highest BCUT2D eigenvalue weighted by atomic mass is 32.2. The van der Waals surface area contributed by atoms with Gasteiger partial charge >= 0.3 is 0 Å². The number of sulfone groups is 1. The van der Waals surface area contributed by atoms with Crippen molar-refractivity contribution in [3.8, 4) is 0 Å². The summed E-state index contributed by atoms with van der Waals surface area (Å²) in [7, 11) is -1.47. The topological polar surface area (TPSA) is 116 Å². The van der Waals surface area contributed by atoms with E-state index < -0.39 is 21.8 Å². The summed E-state index contributed by atoms with van der Waals surface area (Å²) >= 11 is 0. The number of nitrogens with zero attached hydrogens (tertiary/aromatic N) is 3. The number of carbonyl (C=O) groups excluding carboxylic acids is 3. The molecule has 0 saturated carbocycles. The van der Waals surface area contributed by atoms with Gasteiger partial charge < -0.3 is 10.2 Å². The van der Waals surface area contributed by atoms with Crippen LogP contribution in [0.2, 0.25) is 0 Å². The first-order chi connectivity index (χ1) is 13.6. The third-order valence-corrected chi connectivity index (χ3v) is 6.77. The maximum atomic E-state index is 12.6. The van der Waals surface area contributed by atoms with Gasteiger partial charge in [-0.05, 0) is 24.1 Å². The minimum atomic E-state index is -3.17. The molecule has 0 aliphatic carbocycles. The molecule has 9 nitrogen and oxygen atoms in total. The van der Waals surface area contributed by atoms with Crippen LogP contribution in [0.1, 0.15) is 31.7 Å². The summed E-state index contributed by atoms with van der Waals surface area (Å²) in [5.41, 5.74) is 1.61. The van der Waals surface area contributed by atoms with Gasteiger partial charge in [0.2, 0.25) is 11.8 Å². The molecule has 3 rings (SSSR count). The summed E-state index contributed by atoms with van der Waals surface area (Å²) in [6, 6.07) is 6.62. The number of anilines is 1. The third-order valence-electron chi connectivity index (χ3n) is 5.02. The van der Waals surface area contributed by atoms with Gasteiger partial charge in [0.05, 0.1) is 17.5 Å². The summed E-state index contributed by atoms with van der Waals surface area (Å²) in [4.78, 5) is 37.8. The average molecular weight is 420 g/mol. The molecule has 1 aromatic rings. The maximum Gasteiger partial charge on any atom is 0.271 e. The molecular formula is C19H24N4O5S. The lowest BCUT2D eigenvalue weighted by molar-refractivity contribution is -0.133. The van der Waals surface area contributed by atoms with Crippen molar-refractivity contribution in [2.45, 2.75) is 38.8 Å². The van der Waals surface area contributed by atoms with E-state index in [0.717, 1.165) is 5.56 Å². The second-order valence-corrected chi connectivity index (χ2v) is 9.60. The second-order valence-electron chi connectivity index (χ2n) is 7.37. The van der Waals surface area contributed by atoms with Crippen molar-refractivity contribution in [2.24, 2.45) is 5.10 Å². The molecule has 3 amide bonds. The van der Waals surface area contributed by atoms with Crippen LogP contribution in [-0.4, -0.2) is 66.4 Å². The zero-order valence-electron chi connectivity index (χ0n) is 16.4. The van der Waals surface area contributed by atoms with E-state index in [2.05, 4.69) is 10.4 Å². The van der Waals surface area contributed by atoms with Crippen LogP contribution in [-0.2, 0) is 30.8 Å². The van der Waals surface area contributed by atoms with Crippen molar-refractivity contribution in [2.75, 3.05) is 23.9 Å². The second kappa shape index (κ2) is 8.32. The quantitative estimate of drug-likeness (QED) is 0.755. The van der Waals surface area contributed by atoms with Crippen molar-refractivity contribution < 1.29 is 22.8 Å². The standard InChI is InChI=1S/C19H24N4O5S/c1-13(24)22(2)11-14-4-3-5-15(10-14)20-19(26)17-6-7-18(25)23(21-17)16-8-9-29(27,28)12-16/h3-5,10,16H,6-9,11-12H2,1-2H3,(H,20,26). The summed E-state index contributed by atoms with van der Waals surface area (Å²) in [6.07, 6.45) is 0.651.